The lowest BCUT2D eigenvalue weighted by molar-refractivity contribution is 0.318. The van der Waals surface area contributed by atoms with E-state index >= 15 is 0 Å². The molecule has 1 heterocycles. The summed E-state index contributed by atoms with van der Waals surface area (Å²) in [6, 6.07) is 9.57. The first-order chi connectivity index (χ1) is 9.90. The first-order valence-corrected chi connectivity index (χ1v) is 7.02. The van der Waals surface area contributed by atoms with E-state index in [-0.39, 0.29) is 11.4 Å². The van der Waals surface area contributed by atoms with E-state index in [1.165, 1.54) is 0 Å². The van der Waals surface area contributed by atoms with Crippen LogP contribution in [0, 0.1) is 0 Å². The fraction of sp³-hybridized carbons (Fsp3) is 0.375. The Labute approximate surface area is 125 Å². The quantitative estimate of drug-likeness (QED) is 0.392. The van der Waals surface area contributed by atoms with Crippen molar-refractivity contribution in [2.45, 2.75) is 32.7 Å². The molecule has 5 nitrogen and oxygen atoms in total. The zero-order valence-corrected chi connectivity index (χ0v) is 13.0. The highest BCUT2D eigenvalue weighted by Crippen LogP contribution is 2.27. The summed E-state index contributed by atoms with van der Waals surface area (Å²) in [7, 11) is 2.01. The average molecular weight is 286 g/mol. The highest BCUT2D eigenvalue weighted by Gasteiger charge is 2.23. The summed E-state index contributed by atoms with van der Waals surface area (Å²) in [5, 5.41) is 13.0. The van der Waals surface area contributed by atoms with E-state index in [9.17, 15) is 0 Å². The molecule has 0 fully saturated rings. The number of nitrogens with zero attached hydrogens (tertiary/aromatic N) is 3. The molecule has 112 valence electrons. The zero-order chi connectivity index (χ0) is 15.6. The Bertz CT molecular complexity index is 679. The minimum Gasteiger partial charge on any atom is -0.409 e. The number of aromatic nitrogens is 1. The number of rotatable bonds is 4. The SMILES string of the molecule is CCC(C)(C)N(C)c1cc(C(N)=NO)c2ccccc2n1. The fourth-order valence-electron chi connectivity index (χ4n) is 2.15. The van der Waals surface area contributed by atoms with Crippen LogP contribution in [0.2, 0.25) is 0 Å². The van der Waals surface area contributed by atoms with E-state index in [0.717, 1.165) is 23.1 Å². The number of hydrogen-bond donors (Lipinski definition) is 2. The molecule has 0 radical (unpaired) electrons. The maximum atomic E-state index is 9.01. The number of para-hydroxylation sites is 1. The Balaban J connectivity index is 2.67. The van der Waals surface area contributed by atoms with Crippen molar-refractivity contribution in [2.75, 3.05) is 11.9 Å². The highest BCUT2D eigenvalue weighted by atomic mass is 16.4. The van der Waals surface area contributed by atoms with Crippen LogP contribution in [0.5, 0.6) is 0 Å². The Kier molecular flexibility index (Phi) is 4.02. The molecule has 0 atom stereocenters. The van der Waals surface area contributed by atoms with Crippen molar-refractivity contribution in [3.63, 3.8) is 0 Å². The summed E-state index contributed by atoms with van der Waals surface area (Å²) in [5.41, 5.74) is 7.32. The van der Waals surface area contributed by atoms with Crippen molar-refractivity contribution >= 4 is 22.6 Å². The molecule has 2 rings (SSSR count). The van der Waals surface area contributed by atoms with Gasteiger partial charge in [0.2, 0.25) is 0 Å². The van der Waals surface area contributed by atoms with Gasteiger partial charge in [0.25, 0.3) is 0 Å². The van der Waals surface area contributed by atoms with Gasteiger partial charge in [-0.05, 0) is 32.4 Å². The predicted molar refractivity (Wildman–Crippen MR) is 87.0 cm³/mol. The highest BCUT2D eigenvalue weighted by molar-refractivity contribution is 6.08. The van der Waals surface area contributed by atoms with Crippen LogP contribution in [0.1, 0.15) is 32.8 Å². The molecule has 1 aromatic carbocycles. The number of nitrogens with two attached hydrogens (primary N) is 1. The molecule has 3 N–H and O–H groups in total. The molecule has 0 saturated heterocycles. The Hall–Kier alpha value is -2.30. The van der Waals surface area contributed by atoms with E-state index in [2.05, 4.69) is 30.8 Å². The van der Waals surface area contributed by atoms with Crippen LogP contribution in [0.15, 0.2) is 35.5 Å². The van der Waals surface area contributed by atoms with Crippen molar-refractivity contribution in [3.8, 4) is 0 Å². The lowest BCUT2D eigenvalue weighted by Gasteiger charge is -2.36. The smallest absolute Gasteiger partial charge is 0.170 e. The Morgan fingerprint density at radius 3 is 2.67 bits per heavy atom. The number of anilines is 1. The topological polar surface area (TPSA) is 74.7 Å². The fourth-order valence-corrected chi connectivity index (χ4v) is 2.15. The number of oxime groups is 1. The number of hydrogen-bond acceptors (Lipinski definition) is 4. The molecule has 2 aromatic rings. The lowest BCUT2D eigenvalue weighted by atomic mass is 9.99. The van der Waals surface area contributed by atoms with Crippen molar-refractivity contribution in [1.29, 1.82) is 0 Å². The van der Waals surface area contributed by atoms with Gasteiger partial charge in [-0.15, -0.1) is 0 Å². The summed E-state index contributed by atoms with van der Waals surface area (Å²) in [4.78, 5) is 6.82. The maximum Gasteiger partial charge on any atom is 0.170 e. The van der Waals surface area contributed by atoms with E-state index in [1.807, 2.05) is 37.4 Å². The first kappa shape index (κ1) is 15.1. The van der Waals surface area contributed by atoms with Gasteiger partial charge in [-0.3, -0.25) is 0 Å². The summed E-state index contributed by atoms with van der Waals surface area (Å²) in [6.07, 6.45) is 0.983. The number of fused-ring (bicyclic) bond motifs is 1. The van der Waals surface area contributed by atoms with Gasteiger partial charge in [-0.1, -0.05) is 30.3 Å². The van der Waals surface area contributed by atoms with Gasteiger partial charge in [0.05, 0.1) is 5.52 Å². The van der Waals surface area contributed by atoms with E-state index in [0.29, 0.717) is 5.56 Å². The molecule has 0 aliphatic heterocycles. The predicted octanol–water partition coefficient (Wildman–Crippen LogP) is 2.95. The van der Waals surface area contributed by atoms with Crippen LogP contribution in [-0.2, 0) is 0 Å². The molecule has 1 aromatic heterocycles. The molecule has 5 heteroatoms. The zero-order valence-electron chi connectivity index (χ0n) is 13.0. The Morgan fingerprint density at radius 1 is 1.38 bits per heavy atom. The molecular weight excluding hydrogens is 264 g/mol. The van der Waals surface area contributed by atoms with Gasteiger partial charge in [-0.2, -0.15) is 0 Å². The summed E-state index contributed by atoms with van der Waals surface area (Å²) < 4.78 is 0. The van der Waals surface area contributed by atoms with E-state index in [1.54, 1.807) is 0 Å². The van der Waals surface area contributed by atoms with Crippen LogP contribution in [0.3, 0.4) is 0 Å². The van der Waals surface area contributed by atoms with Gasteiger partial charge in [-0.25, -0.2) is 4.98 Å². The minimum atomic E-state index is -0.0299. The molecule has 0 unspecified atom stereocenters. The monoisotopic (exact) mass is 286 g/mol. The molecule has 0 aliphatic carbocycles. The summed E-state index contributed by atoms with van der Waals surface area (Å²) in [5.74, 6) is 0.903. The summed E-state index contributed by atoms with van der Waals surface area (Å²) >= 11 is 0. The molecule has 0 spiro atoms. The second kappa shape index (κ2) is 5.60. The van der Waals surface area contributed by atoms with E-state index in [4.69, 9.17) is 15.9 Å². The Morgan fingerprint density at radius 2 is 2.05 bits per heavy atom. The van der Waals surface area contributed by atoms with Crippen molar-refractivity contribution in [2.24, 2.45) is 10.9 Å². The standard InChI is InChI=1S/C16H22N4O/c1-5-16(2,3)20(4)14-10-12(15(17)19-21)11-8-6-7-9-13(11)18-14/h6-10,21H,5H2,1-4H3,(H2,17,19). The first-order valence-electron chi connectivity index (χ1n) is 7.02. The second-order valence-electron chi connectivity index (χ2n) is 5.76. The van der Waals surface area contributed by atoms with Crippen LogP contribution in [0.25, 0.3) is 10.9 Å². The van der Waals surface area contributed by atoms with Gasteiger partial charge in [0, 0.05) is 23.5 Å². The van der Waals surface area contributed by atoms with Crippen molar-refractivity contribution in [3.05, 3.63) is 35.9 Å². The number of pyridine rings is 1. The normalized spacial score (nSPS) is 12.7. The lowest BCUT2D eigenvalue weighted by Crippen LogP contribution is -2.41. The van der Waals surface area contributed by atoms with Crippen LogP contribution in [0.4, 0.5) is 5.82 Å². The van der Waals surface area contributed by atoms with Crippen molar-refractivity contribution < 1.29 is 5.21 Å². The third-order valence-electron chi connectivity index (χ3n) is 4.20. The van der Waals surface area contributed by atoms with Crippen molar-refractivity contribution in [1.82, 2.24) is 4.98 Å². The molecule has 0 aliphatic rings. The molecule has 0 saturated carbocycles. The third-order valence-corrected chi connectivity index (χ3v) is 4.20. The van der Waals surface area contributed by atoms with Crippen LogP contribution >= 0.6 is 0 Å². The van der Waals surface area contributed by atoms with Gasteiger partial charge < -0.3 is 15.8 Å². The van der Waals surface area contributed by atoms with Gasteiger partial charge in [0.15, 0.2) is 5.84 Å². The molecular formula is C16H22N4O. The second-order valence-corrected chi connectivity index (χ2v) is 5.76. The number of amidine groups is 1. The number of benzene rings is 1. The molecule has 0 amide bonds. The average Bonchev–Trinajstić information content (AvgIpc) is 2.52. The molecule has 21 heavy (non-hydrogen) atoms. The summed E-state index contributed by atoms with van der Waals surface area (Å²) in [6.45, 7) is 6.46. The van der Waals surface area contributed by atoms with Crippen LogP contribution in [-0.4, -0.2) is 28.6 Å². The van der Waals surface area contributed by atoms with E-state index < -0.39 is 0 Å². The largest absolute Gasteiger partial charge is 0.409 e. The van der Waals surface area contributed by atoms with Gasteiger partial charge in [0.1, 0.15) is 5.82 Å². The van der Waals surface area contributed by atoms with Gasteiger partial charge >= 0.3 is 0 Å². The minimum absolute atomic E-state index is 0.0299. The van der Waals surface area contributed by atoms with Crippen LogP contribution < -0.4 is 10.6 Å². The third kappa shape index (κ3) is 2.77. The maximum absolute atomic E-state index is 9.01. The molecule has 0 bridgehead atoms.